The highest BCUT2D eigenvalue weighted by Crippen LogP contribution is 2.22. The minimum atomic E-state index is -3.31. The lowest BCUT2D eigenvalue weighted by molar-refractivity contribution is 0.148. The van der Waals surface area contributed by atoms with Crippen molar-refractivity contribution in [3.8, 4) is 5.69 Å². The van der Waals surface area contributed by atoms with Gasteiger partial charge >= 0.3 is 0 Å². The SMILES string of the molecule is CN(C)S(=O)(=O)C[C@@H]1CN(Cc2cccc(-n3cccn3)c2)C[C@@H]1O. The number of likely N-dealkylation sites (tertiary alicyclic amines) is 1. The van der Waals surface area contributed by atoms with Gasteiger partial charge < -0.3 is 5.11 Å². The number of β-amino-alcohol motifs (C(OH)–C–C–N with tert-alkyl or cyclic N) is 1. The van der Waals surface area contributed by atoms with Crippen molar-refractivity contribution in [3.05, 3.63) is 48.3 Å². The summed E-state index contributed by atoms with van der Waals surface area (Å²) in [5, 5.41) is 14.5. The molecule has 1 saturated heterocycles. The van der Waals surface area contributed by atoms with E-state index in [0.29, 0.717) is 19.6 Å². The van der Waals surface area contributed by atoms with Crippen molar-refractivity contribution in [2.24, 2.45) is 5.92 Å². The minimum Gasteiger partial charge on any atom is -0.391 e. The lowest BCUT2D eigenvalue weighted by Crippen LogP contribution is -2.33. The second-order valence-electron chi connectivity index (χ2n) is 6.70. The number of aliphatic hydroxyl groups excluding tert-OH is 1. The number of rotatable bonds is 6. The Labute approximate surface area is 148 Å². The largest absolute Gasteiger partial charge is 0.391 e. The zero-order valence-electron chi connectivity index (χ0n) is 14.5. The fourth-order valence-corrected chi connectivity index (χ4v) is 4.30. The van der Waals surface area contributed by atoms with Crippen molar-refractivity contribution in [1.29, 1.82) is 0 Å². The highest BCUT2D eigenvalue weighted by Gasteiger charge is 2.35. The first kappa shape index (κ1) is 18.1. The van der Waals surface area contributed by atoms with Gasteiger partial charge in [0.2, 0.25) is 10.0 Å². The van der Waals surface area contributed by atoms with Crippen LogP contribution in [0.15, 0.2) is 42.7 Å². The summed E-state index contributed by atoms with van der Waals surface area (Å²) in [7, 11) is -0.266. The standard InChI is InChI=1S/C17H24N4O3S/c1-19(2)25(23,24)13-15-11-20(12-17(15)22)10-14-5-3-6-16(9-14)21-8-4-7-18-21/h3-9,15,17,22H,10-13H2,1-2H3/t15-,17-/m0/s1. The average molecular weight is 364 g/mol. The topological polar surface area (TPSA) is 78.7 Å². The van der Waals surface area contributed by atoms with Crippen LogP contribution in [-0.4, -0.2) is 71.6 Å². The van der Waals surface area contributed by atoms with Crippen LogP contribution in [0.5, 0.6) is 0 Å². The Hall–Kier alpha value is -1.74. The average Bonchev–Trinajstić information content (AvgIpc) is 3.18. The van der Waals surface area contributed by atoms with Crippen molar-refractivity contribution in [2.45, 2.75) is 12.6 Å². The molecule has 25 heavy (non-hydrogen) atoms. The van der Waals surface area contributed by atoms with Crippen LogP contribution >= 0.6 is 0 Å². The highest BCUT2D eigenvalue weighted by atomic mass is 32.2. The minimum absolute atomic E-state index is 0.0228. The normalized spacial score (nSPS) is 21.9. The summed E-state index contributed by atoms with van der Waals surface area (Å²) in [6.45, 7) is 1.73. The van der Waals surface area contributed by atoms with Crippen molar-refractivity contribution < 1.29 is 13.5 Å². The number of hydrogen-bond acceptors (Lipinski definition) is 5. The molecular weight excluding hydrogens is 340 g/mol. The molecule has 0 radical (unpaired) electrons. The molecule has 1 aliphatic heterocycles. The summed E-state index contributed by atoms with van der Waals surface area (Å²) in [5.74, 6) is -0.285. The molecule has 0 unspecified atom stereocenters. The van der Waals surface area contributed by atoms with Crippen LogP contribution in [0.1, 0.15) is 5.56 Å². The lowest BCUT2D eigenvalue weighted by Gasteiger charge is -2.18. The molecule has 1 aliphatic rings. The molecule has 8 heteroatoms. The highest BCUT2D eigenvalue weighted by molar-refractivity contribution is 7.89. The maximum Gasteiger partial charge on any atom is 0.214 e. The Morgan fingerprint density at radius 1 is 1.28 bits per heavy atom. The van der Waals surface area contributed by atoms with Gasteiger partial charge in [0.25, 0.3) is 0 Å². The predicted octanol–water partition coefficient (Wildman–Crippen LogP) is 0.556. The van der Waals surface area contributed by atoms with Crippen molar-refractivity contribution >= 4 is 10.0 Å². The third kappa shape index (κ3) is 4.27. The number of aliphatic hydroxyl groups is 1. The number of benzene rings is 1. The third-order valence-electron chi connectivity index (χ3n) is 4.55. The number of hydrogen-bond donors (Lipinski definition) is 1. The first-order chi connectivity index (χ1) is 11.8. The van der Waals surface area contributed by atoms with E-state index in [0.717, 1.165) is 11.3 Å². The van der Waals surface area contributed by atoms with Crippen LogP contribution in [0, 0.1) is 5.92 Å². The van der Waals surface area contributed by atoms with Crippen LogP contribution < -0.4 is 0 Å². The zero-order chi connectivity index (χ0) is 18.0. The van der Waals surface area contributed by atoms with Gasteiger partial charge in [-0.25, -0.2) is 17.4 Å². The fraction of sp³-hybridized carbons (Fsp3) is 0.471. The van der Waals surface area contributed by atoms with Gasteiger partial charge in [0.15, 0.2) is 0 Å². The Bertz CT molecular complexity index is 805. The first-order valence-corrected chi connectivity index (χ1v) is 9.85. The molecule has 0 saturated carbocycles. The maximum atomic E-state index is 12.1. The van der Waals surface area contributed by atoms with E-state index < -0.39 is 16.1 Å². The smallest absolute Gasteiger partial charge is 0.214 e. The van der Waals surface area contributed by atoms with Crippen molar-refractivity contribution in [2.75, 3.05) is 32.9 Å². The van der Waals surface area contributed by atoms with Gasteiger partial charge in [0.05, 0.1) is 17.5 Å². The van der Waals surface area contributed by atoms with Crippen LogP contribution in [0.25, 0.3) is 5.69 Å². The Morgan fingerprint density at radius 3 is 2.76 bits per heavy atom. The molecule has 0 spiro atoms. The van der Waals surface area contributed by atoms with Gasteiger partial charge in [-0.2, -0.15) is 5.10 Å². The van der Waals surface area contributed by atoms with E-state index in [1.165, 1.54) is 18.4 Å². The molecule has 0 amide bonds. The second-order valence-corrected chi connectivity index (χ2v) is 8.93. The molecule has 1 aromatic heterocycles. The van der Waals surface area contributed by atoms with Crippen LogP contribution in [0.4, 0.5) is 0 Å². The number of sulfonamides is 1. The summed E-state index contributed by atoms with van der Waals surface area (Å²) < 4.78 is 27.1. The van der Waals surface area contributed by atoms with E-state index in [2.05, 4.69) is 16.1 Å². The molecule has 136 valence electrons. The lowest BCUT2D eigenvalue weighted by atomic mass is 10.1. The quantitative estimate of drug-likeness (QED) is 0.810. The van der Waals surface area contributed by atoms with Crippen molar-refractivity contribution in [3.63, 3.8) is 0 Å². The predicted molar refractivity (Wildman–Crippen MR) is 95.8 cm³/mol. The van der Waals surface area contributed by atoms with Crippen molar-refractivity contribution in [1.82, 2.24) is 19.0 Å². The zero-order valence-corrected chi connectivity index (χ0v) is 15.3. The summed E-state index contributed by atoms with van der Waals surface area (Å²) in [5.41, 5.74) is 2.09. The molecule has 7 nitrogen and oxygen atoms in total. The van der Waals surface area contributed by atoms with E-state index in [4.69, 9.17) is 0 Å². The van der Waals surface area contributed by atoms with E-state index in [1.807, 2.05) is 30.5 Å². The van der Waals surface area contributed by atoms with E-state index >= 15 is 0 Å². The molecular formula is C17H24N4O3S. The van der Waals surface area contributed by atoms with Gasteiger partial charge in [-0.15, -0.1) is 0 Å². The summed E-state index contributed by atoms with van der Waals surface area (Å²) in [4.78, 5) is 2.10. The number of aromatic nitrogens is 2. The van der Waals surface area contributed by atoms with Gasteiger partial charge in [-0.05, 0) is 23.8 Å². The van der Waals surface area contributed by atoms with Crippen LogP contribution in [-0.2, 0) is 16.6 Å². The number of nitrogens with zero attached hydrogens (tertiary/aromatic N) is 4. The molecule has 0 bridgehead atoms. The maximum absolute atomic E-state index is 12.1. The Kier molecular flexibility index (Phi) is 5.24. The first-order valence-electron chi connectivity index (χ1n) is 8.25. The van der Waals surface area contributed by atoms with Gasteiger partial charge in [-0.1, -0.05) is 12.1 Å². The molecule has 2 atom stereocenters. The molecule has 1 aromatic carbocycles. The summed E-state index contributed by atoms with van der Waals surface area (Å²) >= 11 is 0. The summed E-state index contributed by atoms with van der Waals surface area (Å²) in [6.07, 6.45) is 3.00. The fourth-order valence-electron chi connectivity index (χ4n) is 3.13. The summed E-state index contributed by atoms with van der Waals surface area (Å²) in [6, 6.07) is 9.93. The Morgan fingerprint density at radius 2 is 2.08 bits per heavy atom. The van der Waals surface area contributed by atoms with E-state index in [9.17, 15) is 13.5 Å². The van der Waals surface area contributed by atoms with Gasteiger partial charge in [-0.3, -0.25) is 4.90 Å². The van der Waals surface area contributed by atoms with Gasteiger partial charge in [0.1, 0.15) is 0 Å². The molecule has 2 aromatic rings. The monoisotopic (exact) mass is 364 g/mol. The van der Waals surface area contributed by atoms with E-state index in [1.54, 1.807) is 10.9 Å². The van der Waals surface area contributed by atoms with Crippen LogP contribution in [0.2, 0.25) is 0 Å². The third-order valence-corrected chi connectivity index (χ3v) is 6.51. The molecule has 2 heterocycles. The molecule has 1 N–H and O–H groups in total. The Balaban J connectivity index is 1.66. The molecule has 1 fully saturated rings. The van der Waals surface area contributed by atoms with E-state index in [-0.39, 0.29) is 11.7 Å². The van der Waals surface area contributed by atoms with Gasteiger partial charge in [0, 0.05) is 52.0 Å². The van der Waals surface area contributed by atoms with Crippen LogP contribution in [0.3, 0.4) is 0 Å². The molecule has 3 rings (SSSR count). The second kappa shape index (κ2) is 7.25. The molecule has 0 aliphatic carbocycles.